The van der Waals surface area contributed by atoms with Crippen LogP contribution >= 0.6 is 0 Å². The highest BCUT2D eigenvalue weighted by atomic mass is 28.3. The Bertz CT molecular complexity index is 2110. The molecule has 3 amide bonds. The van der Waals surface area contributed by atoms with Crippen LogP contribution in [0.25, 0.3) is 0 Å². The maximum absolute atomic E-state index is 15.2. The number of hydrogen-bond acceptors (Lipinski definition) is 9. The largest absolute Gasteiger partial charge is 0.497 e. The van der Waals surface area contributed by atoms with E-state index < -0.39 is 36.7 Å². The summed E-state index contributed by atoms with van der Waals surface area (Å²) in [5, 5.41) is 23.3. The number of non-ortho nitro benzene ring substituents is 1. The molecule has 56 heavy (non-hydrogen) atoms. The van der Waals surface area contributed by atoms with Crippen molar-refractivity contribution in [2.45, 2.75) is 56.8 Å². The summed E-state index contributed by atoms with van der Waals surface area (Å²) >= 11 is 0. The molecule has 1 N–H and O–H groups in total. The highest BCUT2D eigenvalue weighted by Gasteiger charge is 2.66. The van der Waals surface area contributed by atoms with E-state index in [1.54, 1.807) is 40.0 Å². The zero-order valence-corrected chi connectivity index (χ0v) is 32.9. The molecule has 0 radical (unpaired) electrons. The van der Waals surface area contributed by atoms with E-state index in [0.717, 1.165) is 16.3 Å². The number of methoxy groups -OCH3 is 1. The second kappa shape index (κ2) is 15.5. The van der Waals surface area contributed by atoms with E-state index in [0.29, 0.717) is 35.8 Å². The summed E-state index contributed by atoms with van der Waals surface area (Å²) in [4.78, 5) is 58.3. The number of rotatable bonds is 13. The quantitative estimate of drug-likeness (QED) is 0.102. The van der Waals surface area contributed by atoms with Gasteiger partial charge in [0.1, 0.15) is 12.4 Å². The fourth-order valence-electron chi connectivity index (χ4n) is 8.88. The Hall–Kier alpha value is -5.57. The minimum atomic E-state index is -2.65. The van der Waals surface area contributed by atoms with Crippen LogP contribution in [0.2, 0.25) is 18.6 Å². The Morgan fingerprint density at radius 1 is 1.02 bits per heavy atom. The standard InChI is InChI=1S/C42H46N4O9Si/c1-28-39(56(3,4)34-17-15-33(53-2)16-18-34)37(25-38(48)43(20-22-47)26-29-8-6-5-7-9-29)55-42(28)35-24-32(46(51)52)14-19-36(35)45(40(42)49)27-30-10-12-31(13-11-30)44-21-23-54-41(44)50/h5-19,24,28,37,39,47H,20-23,25-27H2,1-4H3/t28-,37+,39-,42+/m0/s1. The highest BCUT2D eigenvalue weighted by Crippen LogP contribution is 2.60. The van der Waals surface area contributed by atoms with Crippen LogP contribution < -0.4 is 19.7 Å². The van der Waals surface area contributed by atoms with Crippen molar-refractivity contribution < 1.29 is 38.6 Å². The number of ether oxygens (including phenoxy) is 3. The van der Waals surface area contributed by atoms with Gasteiger partial charge in [0.2, 0.25) is 5.91 Å². The number of nitro benzene ring substituents is 1. The first-order valence-electron chi connectivity index (χ1n) is 18.8. The van der Waals surface area contributed by atoms with E-state index in [1.807, 2.05) is 73.7 Å². The van der Waals surface area contributed by atoms with Crippen molar-refractivity contribution in [3.63, 3.8) is 0 Å². The molecule has 0 bridgehead atoms. The first-order valence-corrected chi connectivity index (χ1v) is 21.9. The summed E-state index contributed by atoms with van der Waals surface area (Å²) in [6, 6.07) is 29.1. The Labute approximate surface area is 326 Å². The fourth-order valence-corrected chi connectivity index (χ4v) is 12.9. The lowest BCUT2D eigenvalue weighted by Crippen LogP contribution is -2.52. The van der Waals surface area contributed by atoms with Crippen LogP contribution in [0, 0.1) is 16.0 Å². The van der Waals surface area contributed by atoms with E-state index in [4.69, 9.17) is 14.2 Å². The molecular formula is C42H46N4O9Si. The molecule has 1 spiro atoms. The number of carbonyl (C=O) groups excluding carboxylic acids is 3. The first kappa shape index (κ1) is 38.7. The summed E-state index contributed by atoms with van der Waals surface area (Å²) in [5.41, 5.74) is 1.15. The third kappa shape index (κ3) is 6.92. The van der Waals surface area contributed by atoms with Crippen molar-refractivity contribution in [1.82, 2.24) is 4.90 Å². The summed E-state index contributed by atoms with van der Waals surface area (Å²) in [5.74, 6) is -0.394. The summed E-state index contributed by atoms with van der Waals surface area (Å²) < 4.78 is 17.6. The molecule has 7 rings (SSSR count). The molecule has 3 aliphatic heterocycles. The van der Waals surface area contributed by atoms with Crippen molar-refractivity contribution in [2.24, 2.45) is 5.92 Å². The van der Waals surface area contributed by atoms with E-state index in [-0.39, 0.29) is 55.7 Å². The lowest BCUT2D eigenvalue weighted by Gasteiger charge is -2.37. The number of amides is 3. The summed E-state index contributed by atoms with van der Waals surface area (Å²) in [7, 11) is -1.04. The number of fused-ring (bicyclic) bond motifs is 2. The number of benzene rings is 4. The van der Waals surface area contributed by atoms with Crippen molar-refractivity contribution in [1.29, 1.82) is 0 Å². The molecule has 2 saturated heterocycles. The predicted octanol–water partition coefficient (Wildman–Crippen LogP) is 5.73. The van der Waals surface area contributed by atoms with E-state index in [2.05, 4.69) is 13.1 Å². The molecule has 3 aliphatic rings. The van der Waals surface area contributed by atoms with E-state index in [9.17, 15) is 24.8 Å². The smallest absolute Gasteiger partial charge is 0.414 e. The molecule has 0 unspecified atom stereocenters. The van der Waals surface area contributed by atoms with Crippen molar-refractivity contribution in [3.05, 3.63) is 124 Å². The second-order valence-corrected chi connectivity index (χ2v) is 19.9. The third-order valence-corrected chi connectivity index (χ3v) is 16.1. The molecule has 0 aliphatic carbocycles. The molecule has 292 valence electrons. The molecule has 4 aromatic carbocycles. The molecule has 0 saturated carbocycles. The number of hydrogen-bond donors (Lipinski definition) is 1. The van der Waals surface area contributed by atoms with Gasteiger partial charge in [0.25, 0.3) is 11.6 Å². The van der Waals surface area contributed by atoms with Crippen LogP contribution in [0.1, 0.15) is 30.0 Å². The summed E-state index contributed by atoms with van der Waals surface area (Å²) in [6.07, 6.45) is -1.22. The van der Waals surface area contributed by atoms with Crippen LogP contribution in [0.4, 0.5) is 21.9 Å². The minimum Gasteiger partial charge on any atom is -0.497 e. The second-order valence-electron chi connectivity index (χ2n) is 15.2. The Morgan fingerprint density at radius 2 is 1.73 bits per heavy atom. The van der Waals surface area contributed by atoms with Crippen LogP contribution in [0.3, 0.4) is 0 Å². The molecule has 0 aromatic heterocycles. The monoisotopic (exact) mass is 778 g/mol. The molecular weight excluding hydrogens is 733 g/mol. The van der Waals surface area contributed by atoms with Crippen LogP contribution in [-0.4, -0.2) is 80.4 Å². The lowest BCUT2D eigenvalue weighted by molar-refractivity contribution is -0.385. The minimum absolute atomic E-state index is 0.0614. The number of carbonyl (C=O) groups is 3. The van der Waals surface area contributed by atoms with Crippen LogP contribution in [-0.2, 0) is 37.8 Å². The van der Waals surface area contributed by atoms with Gasteiger partial charge in [0, 0.05) is 42.4 Å². The molecule has 4 aromatic rings. The van der Waals surface area contributed by atoms with Crippen molar-refractivity contribution in [3.8, 4) is 5.75 Å². The first-order chi connectivity index (χ1) is 26.9. The maximum atomic E-state index is 15.2. The third-order valence-electron chi connectivity index (χ3n) is 11.7. The zero-order valence-electron chi connectivity index (χ0n) is 31.9. The van der Waals surface area contributed by atoms with E-state index in [1.165, 1.54) is 12.1 Å². The van der Waals surface area contributed by atoms with Gasteiger partial charge in [0.05, 0.1) is 58.0 Å². The highest BCUT2D eigenvalue weighted by molar-refractivity contribution is 6.91. The van der Waals surface area contributed by atoms with Gasteiger partial charge in [-0.15, -0.1) is 0 Å². The number of aliphatic hydroxyl groups excluding tert-OH is 1. The topological polar surface area (TPSA) is 152 Å². The zero-order chi connectivity index (χ0) is 39.8. The molecule has 4 atom stereocenters. The van der Waals surface area contributed by atoms with Gasteiger partial charge in [-0.2, -0.15) is 0 Å². The van der Waals surface area contributed by atoms with Gasteiger partial charge in [-0.3, -0.25) is 24.6 Å². The molecule has 14 heteroatoms. The van der Waals surface area contributed by atoms with Gasteiger partial charge in [-0.05, 0) is 47.0 Å². The van der Waals surface area contributed by atoms with E-state index >= 15 is 4.79 Å². The number of nitro groups is 1. The van der Waals surface area contributed by atoms with Crippen molar-refractivity contribution >= 4 is 48.2 Å². The Balaban J connectivity index is 1.29. The summed E-state index contributed by atoms with van der Waals surface area (Å²) in [6.45, 7) is 7.44. The molecule has 3 heterocycles. The van der Waals surface area contributed by atoms with Gasteiger partial charge in [-0.1, -0.05) is 79.8 Å². The number of nitrogens with zero attached hydrogens (tertiary/aromatic N) is 4. The van der Waals surface area contributed by atoms with Crippen LogP contribution in [0.5, 0.6) is 5.75 Å². The van der Waals surface area contributed by atoms with Crippen molar-refractivity contribution in [2.75, 3.05) is 43.2 Å². The number of cyclic esters (lactones) is 1. The Kier molecular flexibility index (Phi) is 10.7. The average Bonchev–Trinajstić information content (AvgIpc) is 3.83. The molecule has 13 nitrogen and oxygen atoms in total. The number of aliphatic hydroxyl groups is 1. The van der Waals surface area contributed by atoms with Gasteiger partial charge < -0.3 is 29.1 Å². The SMILES string of the molecule is COc1ccc([Si](C)(C)[C@@H]2[C@@H](CC(=O)N(CCO)Cc3ccccc3)O[C@]3(C(=O)N(Cc4ccc(N5CCOC5=O)cc4)c4ccc([N+](=O)[O-])cc43)[C@H]2C)cc1. The fraction of sp³-hybridized carbons (Fsp3) is 0.357. The van der Waals surface area contributed by atoms with Gasteiger partial charge in [-0.25, -0.2) is 4.79 Å². The average molecular weight is 779 g/mol. The maximum Gasteiger partial charge on any atom is 0.414 e. The van der Waals surface area contributed by atoms with Gasteiger partial charge >= 0.3 is 6.09 Å². The lowest BCUT2D eigenvalue weighted by atomic mass is 9.82. The number of anilines is 2. The predicted molar refractivity (Wildman–Crippen MR) is 213 cm³/mol. The van der Waals surface area contributed by atoms with Crippen LogP contribution in [0.15, 0.2) is 97.1 Å². The Morgan fingerprint density at radius 3 is 2.36 bits per heavy atom. The normalized spacial score (nSPS) is 21.7. The molecule has 2 fully saturated rings. The van der Waals surface area contributed by atoms with Gasteiger partial charge in [0.15, 0.2) is 5.60 Å².